The number of aromatic nitrogens is 2. The van der Waals surface area contributed by atoms with Crippen molar-refractivity contribution in [3.05, 3.63) is 65.1 Å². The Morgan fingerprint density at radius 2 is 1.81 bits per heavy atom. The lowest BCUT2D eigenvalue weighted by Gasteiger charge is -2.12. The number of aryl methyl sites for hydroxylation is 1. The van der Waals surface area contributed by atoms with Gasteiger partial charge in [-0.1, -0.05) is 17.3 Å². The number of nitrogens with zero attached hydrogens (tertiary/aromatic N) is 2. The van der Waals surface area contributed by atoms with Crippen molar-refractivity contribution in [1.82, 2.24) is 10.1 Å². The second kappa shape index (κ2) is 7.45. The summed E-state index contributed by atoms with van der Waals surface area (Å²) in [5, 5.41) is 7.04. The fraction of sp³-hybridized carbons (Fsp3) is 0.130. The molecule has 0 atom stereocenters. The molecule has 0 aliphatic carbocycles. The highest BCUT2D eigenvalue weighted by Crippen LogP contribution is 2.38. The van der Waals surface area contributed by atoms with E-state index in [-0.39, 0.29) is 46.4 Å². The first kappa shape index (κ1) is 19.7. The summed E-state index contributed by atoms with van der Waals surface area (Å²) in [4.78, 5) is 29.8. The number of benzene rings is 2. The lowest BCUT2D eigenvalue weighted by molar-refractivity contribution is 0.101. The number of hydrogen-bond donors (Lipinski definition) is 1. The molecule has 4 aromatic rings. The minimum absolute atomic E-state index is 0.0287. The second-order valence-electron chi connectivity index (χ2n) is 7.24. The van der Waals surface area contributed by atoms with E-state index in [0.717, 1.165) is 0 Å². The lowest BCUT2D eigenvalue weighted by Crippen LogP contribution is -2.15. The van der Waals surface area contributed by atoms with Crippen molar-refractivity contribution in [1.29, 1.82) is 0 Å². The summed E-state index contributed by atoms with van der Waals surface area (Å²) in [6.07, 6.45) is 0. The third-order valence-electron chi connectivity index (χ3n) is 5.15. The van der Waals surface area contributed by atoms with Gasteiger partial charge in [0, 0.05) is 17.2 Å². The number of pyridine rings is 1. The normalized spacial score (nSPS) is 12.2. The fourth-order valence-electron chi connectivity index (χ4n) is 3.61. The van der Waals surface area contributed by atoms with Crippen LogP contribution in [0.2, 0.25) is 0 Å². The number of amides is 1. The molecule has 2 aromatic carbocycles. The SMILES string of the molecule is CC(=O)c1cc2c(cc1NC(=O)c1cc(-c3ccccc3F)nc3onc(C)c13)OCO2. The van der Waals surface area contributed by atoms with Crippen LogP contribution in [0.1, 0.15) is 33.3 Å². The number of hydrogen-bond acceptors (Lipinski definition) is 7. The maximum Gasteiger partial charge on any atom is 0.259 e. The molecule has 0 radical (unpaired) electrons. The molecule has 0 bridgehead atoms. The molecular formula is C23H16FN3O5. The molecular weight excluding hydrogens is 417 g/mol. The van der Waals surface area contributed by atoms with E-state index in [4.69, 9.17) is 14.0 Å². The number of rotatable bonds is 4. The zero-order chi connectivity index (χ0) is 22.4. The molecule has 160 valence electrons. The van der Waals surface area contributed by atoms with Gasteiger partial charge in [-0.3, -0.25) is 9.59 Å². The Kier molecular flexibility index (Phi) is 4.58. The van der Waals surface area contributed by atoms with Gasteiger partial charge in [-0.2, -0.15) is 0 Å². The first-order valence-electron chi connectivity index (χ1n) is 9.70. The maximum atomic E-state index is 14.4. The Morgan fingerprint density at radius 1 is 1.06 bits per heavy atom. The van der Waals surface area contributed by atoms with Gasteiger partial charge in [-0.15, -0.1) is 0 Å². The van der Waals surface area contributed by atoms with Crippen molar-refractivity contribution in [3.8, 4) is 22.8 Å². The number of fused-ring (bicyclic) bond motifs is 2. The van der Waals surface area contributed by atoms with Gasteiger partial charge < -0.3 is 19.3 Å². The minimum atomic E-state index is -0.539. The zero-order valence-electron chi connectivity index (χ0n) is 17.1. The number of anilines is 1. The van der Waals surface area contributed by atoms with E-state index in [9.17, 15) is 14.0 Å². The summed E-state index contributed by atoms with van der Waals surface area (Å²) in [6, 6.07) is 10.6. The number of carbonyl (C=O) groups excluding carboxylic acids is 2. The first-order valence-corrected chi connectivity index (χ1v) is 9.70. The van der Waals surface area contributed by atoms with E-state index in [1.54, 1.807) is 25.1 Å². The van der Waals surface area contributed by atoms with Gasteiger partial charge in [0.05, 0.1) is 28.0 Å². The highest BCUT2D eigenvalue weighted by molar-refractivity contribution is 6.15. The van der Waals surface area contributed by atoms with Crippen molar-refractivity contribution in [2.45, 2.75) is 13.8 Å². The van der Waals surface area contributed by atoms with Gasteiger partial charge in [0.15, 0.2) is 17.3 Å². The highest BCUT2D eigenvalue weighted by Gasteiger charge is 2.24. The topological polar surface area (TPSA) is 104 Å². The molecule has 8 nitrogen and oxygen atoms in total. The standard InChI is InChI=1S/C23H16FN3O5/c1-11-21-15(7-17(26-23(21)32-27-11)13-5-3-4-6-16(13)24)22(29)25-18-9-20-19(30-10-31-20)8-14(18)12(2)28/h3-9H,10H2,1-2H3,(H,25,29). The largest absolute Gasteiger partial charge is 0.454 e. The van der Waals surface area contributed by atoms with Crippen LogP contribution < -0.4 is 14.8 Å². The third kappa shape index (κ3) is 3.24. The van der Waals surface area contributed by atoms with E-state index >= 15 is 0 Å². The first-order chi connectivity index (χ1) is 15.4. The predicted molar refractivity (Wildman–Crippen MR) is 112 cm³/mol. The number of halogens is 1. The molecule has 3 heterocycles. The summed E-state index contributed by atoms with van der Waals surface area (Å²) in [7, 11) is 0. The Hall–Kier alpha value is -4.27. The number of ether oxygens (including phenoxy) is 2. The van der Waals surface area contributed by atoms with Gasteiger partial charge >= 0.3 is 0 Å². The number of ketones is 1. The van der Waals surface area contributed by atoms with Crippen LogP contribution in [0.15, 0.2) is 47.0 Å². The van der Waals surface area contributed by atoms with Crippen LogP contribution in [-0.2, 0) is 0 Å². The average Bonchev–Trinajstić information content (AvgIpc) is 3.38. The van der Waals surface area contributed by atoms with Crippen LogP contribution in [0.5, 0.6) is 11.5 Å². The molecule has 5 rings (SSSR count). The van der Waals surface area contributed by atoms with Gasteiger partial charge in [-0.05, 0) is 38.1 Å². The molecule has 0 unspecified atom stereocenters. The van der Waals surface area contributed by atoms with Gasteiger partial charge in [0.25, 0.3) is 11.6 Å². The minimum Gasteiger partial charge on any atom is -0.454 e. The zero-order valence-corrected chi connectivity index (χ0v) is 17.1. The molecule has 0 saturated heterocycles. The summed E-state index contributed by atoms with van der Waals surface area (Å²) < 4.78 is 30.3. The van der Waals surface area contributed by atoms with Crippen molar-refractivity contribution >= 4 is 28.5 Å². The molecule has 32 heavy (non-hydrogen) atoms. The molecule has 0 saturated carbocycles. The lowest BCUT2D eigenvalue weighted by atomic mass is 10.0. The molecule has 2 aromatic heterocycles. The summed E-state index contributed by atoms with van der Waals surface area (Å²) in [5.41, 5.74) is 1.70. The Labute approximate surface area is 180 Å². The van der Waals surface area contributed by atoms with Crippen LogP contribution in [0.4, 0.5) is 10.1 Å². The van der Waals surface area contributed by atoms with E-state index in [1.807, 2.05) is 0 Å². The maximum absolute atomic E-state index is 14.4. The smallest absolute Gasteiger partial charge is 0.259 e. The average molecular weight is 433 g/mol. The number of Topliss-reactive ketones (excluding diaryl/α,β-unsaturated/α-hetero) is 1. The van der Waals surface area contributed by atoms with Gasteiger partial charge in [-0.25, -0.2) is 9.37 Å². The van der Waals surface area contributed by atoms with E-state index < -0.39 is 11.7 Å². The van der Waals surface area contributed by atoms with Crippen LogP contribution in [0.25, 0.3) is 22.4 Å². The Balaban J connectivity index is 1.62. The molecule has 0 spiro atoms. The highest BCUT2D eigenvalue weighted by atomic mass is 19.1. The summed E-state index contributed by atoms with van der Waals surface area (Å²) in [5.74, 6) is -0.444. The van der Waals surface area contributed by atoms with Crippen molar-refractivity contribution < 1.29 is 28.0 Å². The van der Waals surface area contributed by atoms with Crippen molar-refractivity contribution in [3.63, 3.8) is 0 Å². The van der Waals surface area contributed by atoms with Gasteiger partial charge in [0.2, 0.25) is 6.79 Å². The Morgan fingerprint density at radius 3 is 2.56 bits per heavy atom. The molecule has 1 N–H and O–H groups in total. The molecule has 0 fully saturated rings. The fourth-order valence-corrected chi connectivity index (χ4v) is 3.61. The van der Waals surface area contributed by atoms with E-state index in [2.05, 4.69) is 15.5 Å². The van der Waals surface area contributed by atoms with Crippen molar-refractivity contribution in [2.75, 3.05) is 12.1 Å². The quantitative estimate of drug-likeness (QED) is 0.472. The summed E-state index contributed by atoms with van der Waals surface area (Å²) in [6.45, 7) is 3.09. The second-order valence-corrected chi connectivity index (χ2v) is 7.24. The molecule has 9 heteroatoms. The number of carbonyl (C=O) groups is 2. The van der Waals surface area contributed by atoms with Gasteiger partial charge in [0.1, 0.15) is 5.82 Å². The van der Waals surface area contributed by atoms with Crippen LogP contribution in [-0.4, -0.2) is 28.6 Å². The van der Waals surface area contributed by atoms with Crippen LogP contribution in [0, 0.1) is 12.7 Å². The van der Waals surface area contributed by atoms with Crippen LogP contribution in [0.3, 0.4) is 0 Å². The summed E-state index contributed by atoms with van der Waals surface area (Å²) >= 11 is 0. The van der Waals surface area contributed by atoms with E-state index in [1.165, 1.54) is 31.2 Å². The monoisotopic (exact) mass is 433 g/mol. The Bertz CT molecular complexity index is 1410. The molecule has 1 aliphatic heterocycles. The molecule has 1 aliphatic rings. The predicted octanol–water partition coefficient (Wildman–Crippen LogP) is 4.52. The van der Waals surface area contributed by atoms with Crippen molar-refractivity contribution in [2.24, 2.45) is 0 Å². The van der Waals surface area contributed by atoms with Crippen LogP contribution >= 0.6 is 0 Å². The number of nitrogens with one attached hydrogen (secondary N) is 1. The third-order valence-corrected chi connectivity index (χ3v) is 5.15. The molecule has 1 amide bonds. The van der Waals surface area contributed by atoms with E-state index in [0.29, 0.717) is 22.6 Å².